The minimum absolute atomic E-state index is 0.116. The quantitative estimate of drug-likeness (QED) is 0.169. The van der Waals surface area contributed by atoms with Crippen LogP contribution in [0.4, 0.5) is 0 Å². The van der Waals surface area contributed by atoms with E-state index in [2.05, 4.69) is 33.6 Å². The van der Waals surface area contributed by atoms with E-state index in [0.717, 1.165) is 16.5 Å². The minimum Gasteiger partial charge on any atom is -0.480 e. The number of carbonyl (C=O) groups excluding carboxylic acids is 3. The van der Waals surface area contributed by atoms with Gasteiger partial charge < -0.3 is 36.9 Å². The maximum absolute atomic E-state index is 13.2. The molecule has 1 aromatic carbocycles. The van der Waals surface area contributed by atoms with E-state index in [0.29, 0.717) is 6.42 Å². The van der Waals surface area contributed by atoms with E-state index < -0.39 is 54.5 Å². The number of thiol groups is 1. The molecule has 12 heteroatoms. The SMILES string of the molecule is CC(C)CC(N)C(=O)NC(Cc1c[nH]c2ccccc12)C(=O)NC(CS)C(=O)NC(CO)C(=O)O. The lowest BCUT2D eigenvalue weighted by molar-refractivity contribution is -0.143. The van der Waals surface area contributed by atoms with Gasteiger partial charge >= 0.3 is 5.97 Å². The van der Waals surface area contributed by atoms with Gasteiger partial charge in [-0.3, -0.25) is 14.4 Å². The molecule has 11 nitrogen and oxygen atoms in total. The summed E-state index contributed by atoms with van der Waals surface area (Å²) in [7, 11) is 0. The maximum Gasteiger partial charge on any atom is 0.328 e. The van der Waals surface area contributed by atoms with Gasteiger partial charge in [0.1, 0.15) is 18.1 Å². The van der Waals surface area contributed by atoms with Gasteiger partial charge in [-0.2, -0.15) is 12.6 Å². The highest BCUT2D eigenvalue weighted by Gasteiger charge is 2.30. The number of nitrogens with one attached hydrogen (secondary N) is 4. The topological polar surface area (TPSA) is 187 Å². The summed E-state index contributed by atoms with van der Waals surface area (Å²) in [4.78, 5) is 52.6. The lowest BCUT2D eigenvalue weighted by atomic mass is 10.0. The number of aliphatic carboxylic acids is 1. The minimum atomic E-state index is -1.53. The Morgan fingerprint density at radius 2 is 1.60 bits per heavy atom. The molecule has 0 bridgehead atoms. The zero-order valence-corrected chi connectivity index (χ0v) is 20.5. The van der Waals surface area contributed by atoms with Crippen LogP contribution in [0.2, 0.25) is 0 Å². The number of aromatic nitrogens is 1. The van der Waals surface area contributed by atoms with Crippen LogP contribution in [0.1, 0.15) is 25.8 Å². The van der Waals surface area contributed by atoms with Crippen LogP contribution in [-0.2, 0) is 25.6 Å². The molecule has 1 aromatic heterocycles. The molecule has 192 valence electrons. The molecule has 0 spiro atoms. The largest absolute Gasteiger partial charge is 0.480 e. The number of hydrogen-bond acceptors (Lipinski definition) is 7. The van der Waals surface area contributed by atoms with Crippen LogP contribution in [0.5, 0.6) is 0 Å². The second kappa shape index (κ2) is 13.1. The van der Waals surface area contributed by atoms with E-state index in [1.165, 1.54) is 0 Å². The van der Waals surface area contributed by atoms with Crippen molar-refractivity contribution in [1.82, 2.24) is 20.9 Å². The van der Waals surface area contributed by atoms with Crippen LogP contribution in [0.3, 0.4) is 0 Å². The Morgan fingerprint density at radius 3 is 2.20 bits per heavy atom. The summed E-state index contributed by atoms with van der Waals surface area (Å²) in [5.74, 6) is -3.39. The number of aliphatic hydroxyl groups is 1. The second-order valence-electron chi connectivity index (χ2n) is 8.69. The summed E-state index contributed by atoms with van der Waals surface area (Å²) in [6.45, 7) is 3.03. The van der Waals surface area contributed by atoms with Crippen molar-refractivity contribution in [1.29, 1.82) is 0 Å². The van der Waals surface area contributed by atoms with Crippen molar-refractivity contribution < 1.29 is 29.4 Å². The van der Waals surface area contributed by atoms with E-state index in [4.69, 9.17) is 15.9 Å². The highest BCUT2D eigenvalue weighted by atomic mass is 32.1. The molecule has 0 aliphatic rings. The Hall–Kier alpha value is -3.09. The average Bonchev–Trinajstić information content (AvgIpc) is 3.22. The number of carboxylic acids is 1. The van der Waals surface area contributed by atoms with Gasteiger partial charge in [-0.1, -0.05) is 32.0 Å². The number of H-pyrrole nitrogens is 1. The van der Waals surface area contributed by atoms with Crippen LogP contribution >= 0.6 is 12.6 Å². The van der Waals surface area contributed by atoms with E-state index in [1.54, 1.807) is 6.20 Å². The third kappa shape index (κ3) is 7.98. The molecule has 4 unspecified atom stereocenters. The number of para-hydroxylation sites is 1. The van der Waals surface area contributed by atoms with Gasteiger partial charge in [0.05, 0.1) is 12.6 Å². The molecule has 0 radical (unpaired) electrons. The lowest BCUT2D eigenvalue weighted by Crippen LogP contribution is -2.58. The van der Waals surface area contributed by atoms with Crippen molar-refractivity contribution in [3.05, 3.63) is 36.0 Å². The number of benzene rings is 1. The standard InChI is InChI=1S/C23H33N5O6S/c1-12(2)7-15(24)20(30)26-17(8-13-9-25-16-6-4-3-5-14(13)16)21(31)28-19(11-35)22(32)27-18(10-29)23(33)34/h3-6,9,12,15,17-19,25,29,35H,7-8,10-11,24H2,1-2H3,(H,26,30)(H,27,32)(H,28,31)(H,33,34). The summed E-state index contributed by atoms with van der Waals surface area (Å²) < 4.78 is 0. The lowest BCUT2D eigenvalue weighted by Gasteiger charge is -2.24. The predicted molar refractivity (Wildman–Crippen MR) is 134 cm³/mol. The molecule has 4 atom stereocenters. The molecule has 0 saturated heterocycles. The van der Waals surface area contributed by atoms with Gasteiger partial charge in [0.25, 0.3) is 0 Å². The fourth-order valence-corrected chi connectivity index (χ4v) is 3.80. The second-order valence-corrected chi connectivity index (χ2v) is 9.05. The number of aromatic amines is 1. The van der Waals surface area contributed by atoms with Crippen molar-refractivity contribution >= 4 is 47.2 Å². The van der Waals surface area contributed by atoms with E-state index in [1.807, 2.05) is 38.1 Å². The smallest absolute Gasteiger partial charge is 0.328 e. The number of amides is 3. The Labute approximate surface area is 208 Å². The molecular weight excluding hydrogens is 474 g/mol. The first kappa shape index (κ1) is 28.1. The number of nitrogens with two attached hydrogens (primary N) is 1. The summed E-state index contributed by atoms with van der Waals surface area (Å²) >= 11 is 4.08. The first-order valence-electron chi connectivity index (χ1n) is 11.2. The van der Waals surface area contributed by atoms with Crippen LogP contribution in [-0.4, -0.2) is 75.4 Å². The van der Waals surface area contributed by atoms with Crippen molar-refractivity contribution in [3.63, 3.8) is 0 Å². The van der Waals surface area contributed by atoms with Crippen LogP contribution < -0.4 is 21.7 Å². The van der Waals surface area contributed by atoms with Gasteiger partial charge in [-0.25, -0.2) is 4.79 Å². The number of carboxylic acid groups (broad SMARTS) is 1. The monoisotopic (exact) mass is 507 g/mol. The van der Waals surface area contributed by atoms with Crippen molar-refractivity contribution in [2.75, 3.05) is 12.4 Å². The van der Waals surface area contributed by atoms with Crippen LogP contribution in [0.15, 0.2) is 30.5 Å². The normalized spacial score (nSPS) is 14.7. The van der Waals surface area contributed by atoms with E-state index in [-0.39, 0.29) is 18.1 Å². The number of rotatable bonds is 13. The Morgan fingerprint density at radius 1 is 1.00 bits per heavy atom. The fraction of sp³-hybridized carbons (Fsp3) is 0.478. The van der Waals surface area contributed by atoms with Gasteiger partial charge in [-0.05, 0) is 24.0 Å². The van der Waals surface area contributed by atoms with Crippen LogP contribution in [0.25, 0.3) is 10.9 Å². The molecular formula is C23H33N5O6S. The zero-order valence-electron chi connectivity index (χ0n) is 19.7. The molecule has 2 aromatic rings. The first-order chi connectivity index (χ1) is 16.6. The molecule has 2 rings (SSSR count). The molecule has 8 N–H and O–H groups in total. The highest BCUT2D eigenvalue weighted by Crippen LogP contribution is 2.19. The molecule has 0 saturated carbocycles. The van der Waals surface area contributed by atoms with Gasteiger partial charge in [0.15, 0.2) is 0 Å². The molecule has 1 heterocycles. The fourth-order valence-electron chi connectivity index (χ4n) is 3.55. The van der Waals surface area contributed by atoms with Gasteiger partial charge in [0, 0.05) is 29.3 Å². The Bertz CT molecular complexity index is 1040. The highest BCUT2D eigenvalue weighted by molar-refractivity contribution is 7.80. The molecule has 0 aliphatic carbocycles. The summed E-state index contributed by atoms with van der Waals surface area (Å²) in [5.41, 5.74) is 7.64. The Balaban J connectivity index is 2.23. The first-order valence-corrected chi connectivity index (χ1v) is 11.9. The predicted octanol–water partition coefficient (Wildman–Crippen LogP) is -0.455. The molecule has 35 heavy (non-hydrogen) atoms. The number of hydrogen-bond donors (Lipinski definition) is 8. The van der Waals surface area contributed by atoms with Gasteiger partial charge in [0.2, 0.25) is 17.7 Å². The molecule has 0 fully saturated rings. The van der Waals surface area contributed by atoms with Crippen LogP contribution in [0, 0.1) is 5.92 Å². The van der Waals surface area contributed by atoms with E-state index in [9.17, 15) is 19.2 Å². The average molecular weight is 508 g/mol. The van der Waals surface area contributed by atoms with Crippen molar-refractivity contribution in [2.24, 2.45) is 11.7 Å². The van der Waals surface area contributed by atoms with Crippen molar-refractivity contribution in [2.45, 2.75) is 50.9 Å². The molecule has 0 aliphatic heterocycles. The Kier molecular flexibility index (Phi) is 10.6. The number of aliphatic hydroxyl groups excluding tert-OH is 1. The number of fused-ring (bicyclic) bond motifs is 1. The van der Waals surface area contributed by atoms with Gasteiger partial charge in [-0.15, -0.1) is 0 Å². The number of carbonyl (C=O) groups is 4. The zero-order chi connectivity index (χ0) is 26.1. The summed E-state index contributed by atoms with van der Waals surface area (Å²) in [6, 6.07) is 2.86. The summed E-state index contributed by atoms with van der Waals surface area (Å²) in [6.07, 6.45) is 2.28. The maximum atomic E-state index is 13.2. The molecule has 3 amide bonds. The summed E-state index contributed by atoms with van der Waals surface area (Å²) in [5, 5.41) is 26.4. The van der Waals surface area contributed by atoms with E-state index >= 15 is 0 Å². The third-order valence-corrected chi connectivity index (χ3v) is 5.77. The third-order valence-electron chi connectivity index (χ3n) is 5.41. The van der Waals surface area contributed by atoms with Crippen molar-refractivity contribution in [3.8, 4) is 0 Å².